The molecule has 10 aromatic rings. The third-order valence-electron chi connectivity index (χ3n) is 11.0. The average molecular weight is 734 g/mol. The number of furan rings is 2. The van der Waals surface area contributed by atoms with Crippen LogP contribution in [-0.4, -0.2) is 9.97 Å². The number of fused-ring (bicyclic) bond motifs is 6. The minimum Gasteiger partial charge on any atom is -0.454 e. The van der Waals surface area contributed by atoms with Gasteiger partial charge in [0.2, 0.25) is 0 Å². The molecule has 0 atom stereocenters. The summed E-state index contributed by atoms with van der Waals surface area (Å²) in [5.41, 5.74) is 14.8. The molecule has 3 heterocycles. The Morgan fingerprint density at radius 2 is 1.12 bits per heavy atom. The number of aryl methyl sites for hydroxylation is 1. The normalized spacial score (nSPS) is 12.4. The van der Waals surface area contributed by atoms with Crippen LogP contribution >= 0.6 is 0 Å². The first kappa shape index (κ1) is 32.9. The molecule has 57 heavy (non-hydrogen) atoms. The third kappa shape index (κ3) is 5.71. The Balaban J connectivity index is 1.04. The van der Waals surface area contributed by atoms with E-state index in [0.717, 1.165) is 102 Å². The minimum atomic E-state index is 0.678. The van der Waals surface area contributed by atoms with Gasteiger partial charge in [-0.3, -0.25) is 0 Å². The molecule has 0 radical (unpaired) electrons. The average Bonchev–Trinajstić information content (AvgIpc) is 3.87. The quantitative estimate of drug-likeness (QED) is 0.163. The van der Waals surface area contributed by atoms with Gasteiger partial charge in [-0.25, -0.2) is 9.97 Å². The van der Waals surface area contributed by atoms with E-state index in [1.54, 1.807) is 0 Å². The van der Waals surface area contributed by atoms with Gasteiger partial charge in [-0.05, 0) is 77.6 Å². The van der Waals surface area contributed by atoms with Gasteiger partial charge in [0.25, 0.3) is 0 Å². The van der Waals surface area contributed by atoms with E-state index in [9.17, 15) is 0 Å². The second kappa shape index (κ2) is 13.7. The van der Waals surface area contributed by atoms with Crippen molar-refractivity contribution in [2.75, 3.05) is 4.90 Å². The van der Waals surface area contributed by atoms with Crippen molar-refractivity contribution in [1.82, 2.24) is 9.97 Å². The highest BCUT2D eigenvalue weighted by molar-refractivity contribution is 6.16. The van der Waals surface area contributed by atoms with Crippen molar-refractivity contribution in [3.63, 3.8) is 0 Å². The number of hydrogen-bond acceptors (Lipinski definition) is 5. The molecular formula is C52H35N3O2. The van der Waals surface area contributed by atoms with E-state index in [1.165, 1.54) is 11.1 Å². The van der Waals surface area contributed by atoms with Gasteiger partial charge in [-0.15, -0.1) is 0 Å². The monoisotopic (exact) mass is 733 g/mol. The maximum absolute atomic E-state index is 6.81. The Kier molecular flexibility index (Phi) is 7.88. The fourth-order valence-corrected chi connectivity index (χ4v) is 8.22. The van der Waals surface area contributed by atoms with E-state index >= 15 is 0 Å². The largest absolute Gasteiger partial charge is 0.454 e. The van der Waals surface area contributed by atoms with Gasteiger partial charge in [-0.1, -0.05) is 146 Å². The van der Waals surface area contributed by atoms with E-state index in [4.69, 9.17) is 18.8 Å². The molecule has 11 rings (SSSR count). The van der Waals surface area contributed by atoms with Crippen LogP contribution in [0.3, 0.4) is 0 Å². The molecule has 1 aliphatic rings. The third-order valence-corrected chi connectivity index (χ3v) is 11.0. The molecule has 0 saturated heterocycles. The lowest BCUT2D eigenvalue weighted by Gasteiger charge is -2.26. The minimum absolute atomic E-state index is 0.678. The maximum Gasteiger partial charge on any atom is 0.179 e. The van der Waals surface area contributed by atoms with Crippen molar-refractivity contribution in [3.8, 4) is 44.9 Å². The lowest BCUT2D eigenvalue weighted by atomic mass is 9.97. The number of hydrogen-bond donors (Lipinski definition) is 0. The zero-order chi connectivity index (χ0) is 37.7. The van der Waals surface area contributed by atoms with E-state index in [1.807, 2.05) is 30.3 Å². The molecule has 0 amide bonds. The van der Waals surface area contributed by atoms with Gasteiger partial charge in [0.15, 0.2) is 17.0 Å². The van der Waals surface area contributed by atoms with Crippen molar-refractivity contribution >= 4 is 56.2 Å². The first-order valence-corrected chi connectivity index (χ1v) is 19.4. The van der Waals surface area contributed by atoms with Crippen LogP contribution in [0.1, 0.15) is 17.7 Å². The number of nitrogens with zero attached hydrogens (tertiary/aromatic N) is 3. The van der Waals surface area contributed by atoms with E-state index in [2.05, 4.69) is 163 Å². The van der Waals surface area contributed by atoms with Crippen LogP contribution in [0, 0.1) is 0 Å². The standard InChI is InChI=1S/C52H35N3O2/c1-4-14-34(15-5-1)35-28-30-40(31-29-35)55(39-18-8-3-9-19-39)44-33-32-41(47-42-20-10-12-22-45(42)56-50(44)47)36-24-26-38(27-25-36)52-53-48(37-16-6-2-7-17-37)51-49(54-52)43-21-11-13-23-46(43)57-51/h1-10,12-20,22-33H,11,21H2. The van der Waals surface area contributed by atoms with Crippen molar-refractivity contribution in [2.24, 2.45) is 0 Å². The summed E-state index contributed by atoms with van der Waals surface area (Å²) in [6.07, 6.45) is 6.09. The molecule has 270 valence electrons. The van der Waals surface area contributed by atoms with Crippen LogP contribution in [0.5, 0.6) is 0 Å². The predicted molar refractivity (Wildman–Crippen MR) is 233 cm³/mol. The highest BCUT2D eigenvalue weighted by Crippen LogP contribution is 2.46. The van der Waals surface area contributed by atoms with Crippen LogP contribution in [0.4, 0.5) is 17.1 Å². The summed E-state index contributed by atoms with van der Waals surface area (Å²) in [4.78, 5) is 12.6. The molecule has 3 aromatic heterocycles. The fraction of sp³-hybridized carbons (Fsp3) is 0.0385. The Morgan fingerprint density at radius 3 is 1.89 bits per heavy atom. The Labute approximate surface area is 329 Å². The molecular weight excluding hydrogens is 699 g/mol. The molecule has 1 aliphatic carbocycles. The second-order valence-electron chi connectivity index (χ2n) is 14.4. The van der Waals surface area contributed by atoms with Crippen LogP contribution in [0.15, 0.2) is 191 Å². The fourth-order valence-electron chi connectivity index (χ4n) is 8.22. The molecule has 0 fully saturated rings. The first-order chi connectivity index (χ1) is 28.3. The van der Waals surface area contributed by atoms with E-state index in [-0.39, 0.29) is 0 Å². The van der Waals surface area contributed by atoms with Gasteiger partial charge in [-0.2, -0.15) is 0 Å². The van der Waals surface area contributed by atoms with Crippen LogP contribution < -0.4 is 4.90 Å². The highest BCUT2D eigenvalue weighted by atomic mass is 16.3. The summed E-state index contributed by atoms with van der Waals surface area (Å²) in [5.74, 6) is 1.56. The molecule has 5 heteroatoms. The summed E-state index contributed by atoms with van der Waals surface area (Å²) in [6, 6.07) is 61.3. The SMILES string of the molecule is C1=Cc2oc3c(-c4ccccc4)nc(-c4ccc(-c5ccc(N(c6ccccc6)c6ccc(-c7ccccc7)cc6)c6oc7ccccc7c56)cc4)nc3c2CC1. The van der Waals surface area contributed by atoms with Gasteiger partial charge >= 0.3 is 0 Å². The topological polar surface area (TPSA) is 55.3 Å². The first-order valence-electron chi connectivity index (χ1n) is 19.4. The van der Waals surface area contributed by atoms with Gasteiger partial charge in [0.1, 0.15) is 22.6 Å². The van der Waals surface area contributed by atoms with Crippen molar-refractivity contribution < 1.29 is 8.83 Å². The molecule has 0 N–H and O–H groups in total. The molecule has 0 saturated carbocycles. The smallest absolute Gasteiger partial charge is 0.179 e. The number of benzene rings is 7. The number of anilines is 3. The van der Waals surface area contributed by atoms with Gasteiger partial charge < -0.3 is 13.7 Å². The summed E-state index contributed by atoms with van der Waals surface area (Å²) in [6.45, 7) is 0. The Hall–Kier alpha value is -7.50. The summed E-state index contributed by atoms with van der Waals surface area (Å²) < 4.78 is 13.2. The van der Waals surface area contributed by atoms with E-state index < -0.39 is 0 Å². The lowest BCUT2D eigenvalue weighted by molar-refractivity contribution is 0.595. The van der Waals surface area contributed by atoms with Gasteiger partial charge in [0, 0.05) is 38.8 Å². The maximum atomic E-state index is 6.81. The Morgan fingerprint density at radius 1 is 0.491 bits per heavy atom. The Bertz CT molecular complexity index is 3090. The van der Waals surface area contributed by atoms with Crippen LogP contribution in [0.2, 0.25) is 0 Å². The van der Waals surface area contributed by atoms with Crippen molar-refractivity contribution in [1.29, 1.82) is 0 Å². The zero-order valence-electron chi connectivity index (χ0n) is 31.0. The second-order valence-corrected chi connectivity index (χ2v) is 14.4. The van der Waals surface area contributed by atoms with Crippen molar-refractivity contribution in [2.45, 2.75) is 12.8 Å². The lowest BCUT2D eigenvalue weighted by Crippen LogP contribution is -2.10. The highest BCUT2D eigenvalue weighted by Gasteiger charge is 2.24. The summed E-state index contributed by atoms with van der Waals surface area (Å²) in [5, 5.41) is 2.14. The molecule has 0 bridgehead atoms. The van der Waals surface area contributed by atoms with Crippen molar-refractivity contribution in [3.05, 3.63) is 193 Å². The zero-order valence-corrected chi connectivity index (χ0v) is 31.0. The van der Waals surface area contributed by atoms with E-state index in [0.29, 0.717) is 5.82 Å². The summed E-state index contributed by atoms with van der Waals surface area (Å²) >= 11 is 0. The molecule has 0 aliphatic heterocycles. The van der Waals surface area contributed by atoms with Crippen LogP contribution in [-0.2, 0) is 6.42 Å². The predicted octanol–water partition coefficient (Wildman–Crippen LogP) is 14.2. The van der Waals surface area contributed by atoms with Crippen LogP contribution in [0.25, 0.3) is 84.0 Å². The molecule has 5 nitrogen and oxygen atoms in total. The number of aromatic nitrogens is 2. The number of para-hydroxylation sites is 2. The number of rotatable bonds is 7. The molecule has 0 unspecified atom stereocenters. The molecule has 7 aromatic carbocycles. The molecule has 0 spiro atoms. The number of allylic oxidation sites excluding steroid dienone is 1. The van der Waals surface area contributed by atoms with Gasteiger partial charge in [0.05, 0.1) is 5.69 Å². The summed E-state index contributed by atoms with van der Waals surface area (Å²) in [7, 11) is 0.